The summed E-state index contributed by atoms with van der Waals surface area (Å²) in [5.74, 6) is 3.02. The summed E-state index contributed by atoms with van der Waals surface area (Å²) in [5, 5.41) is 8.76. The quantitative estimate of drug-likeness (QED) is 0.681. The second-order valence-electron chi connectivity index (χ2n) is 7.72. The molecular weight excluding hydrogens is 329 g/mol. The van der Waals surface area contributed by atoms with Crippen LogP contribution in [0.15, 0.2) is 36.5 Å². The van der Waals surface area contributed by atoms with Crippen LogP contribution in [0.25, 0.3) is 5.65 Å². The Hall–Kier alpha value is -2.43. The van der Waals surface area contributed by atoms with Gasteiger partial charge in [-0.15, -0.1) is 10.2 Å². The molecule has 2 aliphatic carbocycles. The van der Waals surface area contributed by atoms with Gasteiger partial charge in [0.25, 0.3) is 0 Å². The van der Waals surface area contributed by atoms with E-state index in [1.165, 1.54) is 30.5 Å². The van der Waals surface area contributed by atoms with E-state index in [-0.39, 0.29) is 11.9 Å². The fourth-order valence-electron chi connectivity index (χ4n) is 3.81. The third-order valence-electron chi connectivity index (χ3n) is 5.74. The van der Waals surface area contributed by atoms with E-state index in [0.717, 1.165) is 48.0 Å². The number of benzene rings is 1. The molecule has 3 aromatic rings. The first kappa shape index (κ1) is 15.8. The summed E-state index contributed by atoms with van der Waals surface area (Å²) in [6.45, 7) is 2.05. The number of rotatable bonds is 5. The van der Waals surface area contributed by atoms with E-state index in [2.05, 4.69) is 21.5 Å². The third-order valence-corrected chi connectivity index (χ3v) is 5.74. The van der Waals surface area contributed by atoms with E-state index in [4.69, 9.17) is 4.74 Å². The van der Waals surface area contributed by atoms with Gasteiger partial charge >= 0.3 is 0 Å². The first-order chi connectivity index (χ1) is 12.7. The molecule has 0 spiro atoms. The van der Waals surface area contributed by atoms with Crippen molar-refractivity contribution in [3.8, 4) is 5.75 Å². The number of aryl methyl sites for hydroxylation is 1. The molecule has 2 heterocycles. The summed E-state index contributed by atoms with van der Waals surface area (Å²) in [5.41, 5.74) is 3.14. The molecule has 1 aromatic carbocycles. The van der Waals surface area contributed by atoms with Crippen molar-refractivity contribution in [1.82, 2.24) is 14.6 Å². The molecule has 0 radical (unpaired) electrons. The van der Waals surface area contributed by atoms with Gasteiger partial charge in [-0.1, -0.05) is 12.1 Å². The van der Waals surface area contributed by atoms with Crippen molar-refractivity contribution in [1.29, 1.82) is 0 Å². The Labute approximate surface area is 152 Å². The Morgan fingerprint density at radius 2 is 1.88 bits per heavy atom. The van der Waals surface area contributed by atoms with Gasteiger partial charge in [0.2, 0.25) is 0 Å². The molecule has 0 N–H and O–H groups in total. The lowest BCUT2D eigenvalue weighted by molar-refractivity contribution is 0.0978. The van der Waals surface area contributed by atoms with Crippen molar-refractivity contribution in [3.63, 3.8) is 0 Å². The number of pyridine rings is 1. The number of halogens is 1. The molecule has 0 aliphatic heterocycles. The van der Waals surface area contributed by atoms with Crippen molar-refractivity contribution < 1.29 is 9.13 Å². The van der Waals surface area contributed by atoms with E-state index in [0.29, 0.717) is 5.92 Å². The van der Waals surface area contributed by atoms with Crippen LogP contribution in [0.5, 0.6) is 5.75 Å². The number of ether oxygens (including phenoxy) is 1. The fraction of sp³-hybridized carbons (Fsp3) is 0.429. The molecule has 5 rings (SSSR count). The molecule has 0 unspecified atom stereocenters. The van der Waals surface area contributed by atoms with Crippen LogP contribution in [-0.2, 0) is 6.42 Å². The van der Waals surface area contributed by atoms with Gasteiger partial charge < -0.3 is 4.74 Å². The first-order valence-electron chi connectivity index (χ1n) is 9.42. The summed E-state index contributed by atoms with van der Waals surface area (Å²) in [6.07, 6.45) is 7.82. The molecule has 134 valence electrons. The molecule has 5 heteroatoms. The van der Waals surface area contributed by atoms with E-state index >= 15 is 0 Å². The van der Waals surface area contributed by atoms with E-state index in [9.17, 15) is 4.39 Å². The number of hydrogen-bond donors (Lipinski definition) is 0. The smallest absolute Gasteiger partial charge is 0.167 e. The lowest BCUT2D eigenvalue weighted by atomic mass is 9.77. The van der Waals surface area contributed by atoms with Crippen LogP contribution in [0.1, 0.15) is 48.6 Å². The summed E-state index contributed by atoms with van der Waals surface area (Å²) < 4.78 is 21.4. The fourth-order valence-corrected chi connectivity index (χ4v) is 3.81. The molecule has 2 saturated carbocycles. The van der Waals surface area contributed by atoms with Crippen LogP contribution >= 0.6 is 0 Å². The second-order valence-corrected chi connectivity index (χ2v) is 7.72. The molecule has 2 fully saturated rings. The maximum atomic E-state index is 13.0. The second kappa shape index (κ2) is 6.08. The topological polar surface area (TPSA) is 39.4 Å². The Kier molecular flexibility index (Phi) is 3.69. The Morgan fingerprint density at radius 1 is 1.12 bits per heavy atom. The van der Waals surface area contributed by atoms with Crippen molar-refractivity contribution >= 4 is 5.65 Å². The van der Waals surface area contributed by atoms with Gasteiger partial charge in [-0.3, -0.25) is 4.40 Å². The van der Waals surface area contributed by atoms with Crippen LogP contribution in [0.4, 0.5) is 4.39 Å². The van der Waals surface area contributed by atoms with Gasteiger partial charge in [-0.05, 0) is 68.2 Å². The number of aromatic nitrogens is 3. The highest BCUT2D eigenvalue weighted by atomic mass is 19.1. The molecule has 0 saturated heterocycles. The van der Waals surface area contributed by atoms with Crippen molar-refractivity contribution in [2.24, 2.45) is 5.92 Å². The highest BCUT2D eigenvalue weighted by Crippen LogP contribution is 2.40. The minimum atomic E-state index is -0.181. The Morgan fingerprint density at radius 3 is 2.62 bits per heavy atom. The predicted molar refractivity (Wildman–Crippen MR) is 96.9 cm³/mol. The summed E-state index contributed by atoms with van der Waals surface area (Å²) in [7, 11) is 0. The average molecular weight is 351 g/mol. The molecule has 2 aliphatic rings. The largest absolute Gasteiger partial charge is 0.490 e. The molecule has 4 nitrogen and oxygen atoms in total. The van der Waals surface area contributed by atoms with Crippen molar-refractivity contribution in [2.75, 3.05) is 0 Å². The van der Waals surface area contributed by atoms with Crippen LogP contribution < -0.4 is 4.74 Å². The highest BCUT2D eigenvalue weighted by molar-refractivity contribution is 5.54. The van der Waals surface area contributed by atoms with Gasteiger partial charge in [0, 0.05) is 18.2 Å². The van der Waals surface area contributed by atoms with Crippen LogP contribution in [-0.4, -0.2) is 20.7 Å². The summed E-state index contributed by atoms with van der Waals surface area (Å²) in [4.78, 5) is 0. The van der Waals surface area contributed by atoms with Crippen molar-refractivity contribution in [2.45, 2.75) is 51.0 Å². The number of hydrogen-bond acceptors (Lipinski definition) is 3. The van der Waals surface area contributed by atoms with Crippen LogP contribution in [0, 0.1) is 18.7 Å². The zero-order valence-electron chi connectivity index (χ0n) is 14.9. The van der Waals surface area contributed by atoms with E-state index in [1.54, 1.807) is 0 Å². The van der Waals surface area contributed by atoms with E-state index in [1.807, 2.05) is 24.4 Å². The van der Waals surface area contributed by atoms with Gasteiger partial charge in [-0.2, -0.15) is 0 Å². The Balaban J connectivity index is 1.28. The average Bonchev–Trinajstić information content (AvgIpc) is 3.32. The number of nitrogens with zero attached hydrogens (tertiary/aromatic N) is 3. The van der Waals surface area contributed by atoms with Gasteiger partial charge in [-0.25, -0.2) is 4.39 Å². The van der Waals surface area contributed by atoms with Gasteiger partial charge in [0.05, 0.1) is 6.10 Å². The van der Waals surface area contributed by atoms with Gasteiger partial charge in [0.1, 0.15) is 17.4 Å². The van der Waals surface area contributed by atoms with Gasteiger partial charge in [0.15, 0.2) is 5.65 Å². The van der Waals surface area contributed by atoms with Crippen LogP contribution in [0.3, 0.4) is 0 Å². The molecule has 0 amide bonds. The molecule has 0 atom stereocenters. The molecule has 26 heavy (non-hydrogen) atoms. The molecule has 2 aromatic heterocycles. The summed E-state index contributed by atoms with van der Waals surface area (Å²) >= 11 is 0. The minimum Gasteiger partial charge on any atom is -0.490 e. The highest BCUT2D eigenvalue weighted by Gasteiger charge is 2.32. The SMILES string of the molecule is Cc1c(OC2CC(c3ccc(F)cc3)C2)ccn2c(CC3CC3)nnc12. The zero-order valence-corrected chi connectivity index (χ0v) is 14.9. The maximum Gasteiger partial charge on any atom is 0.167 e. The normalized spacial score (nSPS) is 22.4. The molecular formula is C21H22FN3O. The lowest BCUT2D eigenvalue weighted by Gasteiger charge is -2.36. The summed E-state index contributed by atoms with van der Waals surface area (Å²) in [6, 6.07) is 8.86. The molecule has 0 bridgehead atoms. The maximum absolute atomic E-state index is 13.0. The minimum absolute atomic E-state index is 0.181. The van der Waals surface area contributed by atoms with Crippen molar-refractivity contribution in [3.05, 3.63) is 59.3 Å². The standard InChI is InChI=1S/C21H22FN3O/c1-13-19(8-9-25-20(10-14-2-3-14)23-24-21(13)25)26-18-11-16(12-18)15-4-6-17(22)7-5-15/h4-9,14,16,18H,2-3,10-12H2,1H3. The predicted octanol–water partition coefficient (Wildman–Crippen LogP) is 4.45. The number of fused-ring (bicyclic) bond motifs is 1. The van der Waals surface area contributed by atoms with Crippen LogP contribution in [0.2, 0.25) is 0 Å². The first-order valence-corrected chi connectivity index (χ1v) is 9.42. The monoisotopic (exact) mass is 351 g/mol. The van der Waals surface area contributed by atoms with E-state index < -0.39 is 0 Å². The third kappa shape index (κ3) is 2.85. The zero-order chi connectivity index (χ0) is 17.7. The lowest BCUT2D eigenvalue weighted by Crippen LogP contribution is -2.32. The Bertz CT molecular complexity index is 940.